The van der Waals surface area contributed by atoms with Crippen LogP contribution in [0.3, 0.4) is 0 Å². The van der Waals surface area contributed by atoms with Gasteiger partial charge >= 0.3 is 0 Å². The van der Waals surface area contributed by atoms with Gasteiger partial charge in [-0.05, 0) is 61.4 Å². The second-order valence-electron chi connectivity index (χ2n) is 7.17. The van der Waals surface area contributed by atoms with Crippen LogP contribution >= 0.6 is 23.1 Å². The fourth-order valence-corrected chi connectivity index (χ4v) is 6.31. The topological polar surface area (TPSA) is 63.2 Å². The lowest BCUT2D eigenvalue weighted by Gasteiger charge is -2.11. The van der Waals surface area contributed by atoms with Crippen LogP contribution in [0.15, 0.2) is 29.6 Å². The summed E-state index contributed by atoms with van der Waals surface area (Å²) < 4.78 is 0. The van der Waals surface area contributed by atoms with Crippen LogP contribution in [0.5, 0.6) is 0 Å². The summed E-state index contributed by atoms with van der Waals surface area (Å²) in [7, 11) is 0. The number of fused-ring (bicyclic) bond motifs is 4. The summed E-state index contributed by atoms with van der Waals surface area (Å²) >= 11 is 3.29. The maximum Gasteiger partial charge on any atom is 0.214 e. The highest BCUT2D eigenvalue weighted by atomic mass is 32.2. The summed E-state index contributed by atoms with van der Waals surface area (Å²) in [6.07, 6.45) is 7.94. The van der Waals surface area contributed by atoms with Gasteiger partial charge in [0.1, 0.15) is 16.2 Å². The Kier molecular flexibility index (Phi) is 4.64. The van der Waals surface area contributed by atoms with E-state index in [9.17, 15) is 9.59 Å². The first-order chi connectivity index (χ1) is 13.7. The van der Waals surface area contributed by atoms with Gasteiger partial charge in [0.2, 0.25) is 6.41 Å². The highest BCUT2D eigenvalue weighted by Gasteiger charge is 2.22. The van der Waals surface area contributed by atoms with E-state index in [0.29, 0.717) is 17.9 Å². The number of thiophene rings is 1. The SMILES string of the molecule is O=CN1CCc2cc(C(=O)CSc3ncnc4sc5c(c34)CCCC5)ccc21. The molecule has 142 valence electrons. The number of benzene rings is 1. The first-order valence-electron chi connectivity index (χ1n) is 9.50. The molecule has 1 aromatic carbocycles. The van der Waals surface area contributed by atoms with Gasteiger partial charge < -0.3 is 4.90 Å². The monoisotopic (exact) mass is 409 g/mol. The van der Waals surface area contributed by atoms with Gasteiger partial charge in [0.05, 0.1) is 5.75 Å². The lowest BCUT2D eigenvalue weighted by molar-refractivity contribution is -0.107. The standard InChI is InChI=1S/C21H19N3O2S2/c25-12-24-8-7-13-9-14(5-6-16(13)24)17(26)10-27-20-19-15-3-1-2-4-18(15)28-21(19)23-11-22-20/h5-6,9,11-12H,1-4,7-8,10H2. The van der Waals surface area contributed by atoms with E-state index in [4.69, 9.17) is 0 Å². The number of hydrogen-bond acceptors (Lipinski definition) is 6. The van der Waals surface area contributed by atoms with Crippen molar-refractivity contribution >= 4 is 51.2 Å². The Labute approximate surface area is 171 Å². The predicted octanol–water partition coefficient (Wildman–Crippen LogP) is 4.06. The lowest BCUT2D eigenvalue weighted by atomic mass is 9.97. The molecule has 3 aromatic rings. The number of amides is 1. The van der Waals surface area contributed by atoms with Crippen molar-refractivity contribution in [2.75, 3.05) is 17.2 Å². The quantitative estimate of drug-likeness (QED) is 0.275. The molecule has 2 aliphatic rings. The molecule has 0 spiro atoms. The molecule has 5 rings (SSSR count). The van der Waals surface area contributed by atoms with Crippen LogP contribution in [0.1, 0.15) is 39.2 Å². The minimum Gasteiger partial charge on any atom is -0.314 e. The molecule has 0 saturated carbocycles. The maximum atomic E-state index is 12.8. The van der Waals surface area contributed by atoms with Crippen molar-refractivity contribution in [2.45, 2.75) is 37.1 Å². The fraction of sp³-hybridized carbons (Fsp3) is 0.333. The van der Waals surface area contributed by atoms with Crippen LogP contribution in [-0.2, 0) is 24.1 Å². The zero-order valence-corrected chi connectivity index (χ0v) is 16.9. The average molecular weight is 410 g/mol. The molecule has 0 atom stereocenters. The van der Waals surface area contributed by atoms with Crippen molar-refractivity contribution in [1.29, 1.82) is 0 Å². The highest BCUT2D eigenvalue weighted by molar-refractivity contribution is 8.00. The summed E-state index contributed by atoms with van der Waals surface area (Å²) in [6.45, 7) is 0.688. The van der Waals surface area contributed by atoms with E-state index < -0.39 is 0 Å². The van der Waals surface area contributed by atoms with Gasteiger partial charge in [-0.3, -0.25) is 9.59 Å². The molecular weight excluding hydrogens is 390 g/mol. The minimum atomic E-state index is 0.0909. The van der Waals surface area contributed by atoms with E-state index in [0.717, 1.165) is 52.2 Å². The summed E-state index contributed by atoms with van der Waals surface area (Å²) in [4.78, 5) is 37.0. The number of aryl methyl sites for hydroxylation is 2. The third-order valence-electron chi connectivity index (χ3n) is 5.52. The van der Waals surface area contributed by atoms with Crippen molar-refractivity contribution in [3.63, 3.8) is 0 Å². The van der Waals surface area contributed by atoms with Crippen LogP contribution in [0.2, 0.25) is 0 Å². The minimum absolute atomic E-state index is 0.0909. The zero-order valence-electron chi connectivity index (χ0n) is 15.3. The van der Waals surface area contributed by atoms with Crippen molar-refractivity contribution in [1.82, 2.24) is 9.97 Å². The number of anilines is 1. The fourth-order valence-electron chi connectivity index (χ4n) is 4.10. The van der Waals surface area contributed by atoms with Gasteiger partial charge in [0, 0.05) is 28.1 Å². The van der Waals surface area contributed by atoms with Crippen molar-refractivity contribution < 1.29 is 9.59 Å². The van der Waals surface area contributed by atoms with E-state index in [1.165, 1.54) is 35.0 Å². The molecule has 0 fully saturated rings. The van der Waals surface area contributed by atoms with Gasteiger partial charge in [0.25, 0.3) is 0 Å². The number of carbonyl (C=O) groups is 2. The Hall–Kier alpha value is -2.25. The van der Waals surface area contributed by atoms with Crippen molar-refractivity contribution in [3.8, 4) is 0 Å². The number of hydrogen-bond donors (Lipinski definition) is 0. The maximum absolute atomic E-state index is 12.8. The molecule has 3 heterocycles. The molecule has 5 nitrogen and oxygen atoms in total. The number of Topliss-reactive ketones (excluding diaryl/α,β-unsaturated/α-hetero) is 1. The zero-order chi connectivity index (χ0) is 19.1. The van der Waals surface area contributed by atoms with E-state index in [2.05, 4.69) is 9.97 Å². The molecule has 0 saturated heterocycles. The van der Waals surface area contributed by atoms with Gasteiger partial charge in [-0.2, -0.15) is 0 Å². The summed E-state index contributed by atoms with van der Waals surface area (Å²) in [5, 5.41) is 2.08. The number of rotatable bonds is 5. The summed E-state index contributed by atoms with van der Waals surface area (Å²) in [5.74, 6) is 0.445. The number of nitrogens with zero attached hydrogens (tertiary/aromatic N) is 3. The third kappa shape index (κ3) is 3.02. The smallest absolute Gasteiger partial charge is 0.214 e. The van der Waals surface area contributed by atoms with E-state index in [1.54, 1.807) is 22.6 Å². The molecule has 0 radical (unpaired) electrons. The second-order valence-corrected chi connectivity index (χ2v) is 9.22. The molecule has 0 bridgehead atoms. The molecular formula is C21H19N3O2S2. The lowest BCUT2D eigenvalue weighted by Crippen LogP contribution is -2.17. The Morgan fingerprint density at radius 3 is 3.00 bits per heavy atom. The van der Waals surface area contributed by atoms with Crippen LogP contribution in [0, 0.1) is 0 Å². The Balaban J connectivity index is 1.38. The highest BCUT2D eigenvalue weighted by Crippen LogP contribution is 2.39. The molecule has 0 N–H and O–H groups in total. The van der Waals surface area contributed by atoms with Gasteiger partial charge in [-0.15, -0.1) is 11.3 Å². The average Bonchev–Trinajstić information content (AvgIpc) is 3.32. The molecule has 0 unspecified atom stereocenters. The molecule has 1 aliphatic carbocycles. The Bertz CT molecular complexity index is 1090. The Morgan fingerprint density at radius 1 is 1.21 bits per heavy atom. The van der Waals surface area contributed by atoms with E-state index >= 15 is 0 Å². The van der Waals surface area contributed by atoms with Crippen molar-refractivity contribution in [2.24, 2.45) is 0 Å². The number of aromatic nitrogens is 2. The van der Waals surface area contributed by atoms with Gasteiger partial charge in [0.15, 0.2) is 5.78 Å². The second kappa shape index (κ2) is 7.29. The number of thioether (sulfide) groups is 1. The predicted molar refractivity (Wildman–Crippen MR) is 113 cm³/mol. The largest absolute Gasteiger partial charge is 0.314 e. The normalized spacial score (nSPS) is 15.5. The Morgan fingerprint density at radius 2 is 2.11 bits per heavy atom. The van der Waals surface area contributed by atoms with Crippen LogP contribution in [-0.4, -0.2) is 34.5 Å². The molecule has 7 heteroatoms. The van der Waals surface area contributed by atoms with E-state index in [1.807, 2.05) is 18.2 Å². The summed E-state index contributed by atoms with van der Waals surface area (Å²) in [5.41, 5.74) is 4.09. The molecule has 1 aliphatic heterocycles. The van der Waals surface area contributed by atoms with Crippen LogP contribution < -0.4 is 4.90 Å². The molecule has 1 amide bonds. The number of carbonyl (C=O) groups excluding carboxylic acids is 2. The third-order valence-corrected chi connectivity index (χ3v) is 7.71. The van der Waals surface area contributed by atoms with Crippen molar-refractivity contribution in [3.05, 3.63) is 46.1 Å². The van der Waals surface area contributed by atoms with Crippen LogP contribution in [0.25, 0.3) is 10.2 Å². The summed E-state index contributed by atoms with van der Waals surface area (Å²) in [6, 6.07) is 5.64. The first kappa shape index (κ1) is 17.8. The van der Waals surface area contributed by atoms with E-state index in [-0.39, 0.29) is 5.78 Å². The van der Waals surface area contributed by atoms with Gasteiger partial charge in [-0.1, -0.05) is 11.8 Å². The van der Waals surface area contributed by atoms with Crippen LogP contribution in [0.4, 0.5) is 5.69 Å². The van der Waals surface area contributed by atoms with Gasteiger partial charge in [-0.25, -0.2) is 9.97 Å². The number of ketones is 1. The molecule has 2 aromatic heterocycles. The first-order valence-corrected chi connectivity index (χ1v) is 11.3. The molecule has 28 heavy (non-hydrogen) atoms.